The van der Waals surface area contributed by atoms with Crippen LogP contribution in [0.15, 0.2) is 90.1 Å². The Kier molecular flexibility index (Phi) is 6.35. The maximum absolute atomic E-state index is 12.5. The Balaban J connectivity index is 1.39. The van der Waals surface area contributed by atoms with Gasteiger partial charge in [-0.1, -0.05) is 36.4 Å². The van der Waals surface area contributed by atoms with Crippen molar-refractivity contribution in [2.75, 3.05) is 13.7 Å². The normalized spacial score (nSPS) is 11.8. The summed E-state index contributed by atoms with van der Waals surface area (Å²) in [5, 5.41) is 6.31. The third kappa shape index (κ3) is 4.82. The van der Waals surface area contributed by atoms with E-state index in [1.165, 1.54) is 10.8 Å². The summed E-state index contributed by atoms with van der Waals surface area (Å²) in [7, 11) is 1.63. The van der Waals surface area contributed by atoms with Crippen molar-refractivity contribution in [1.29, 1.82) is 0 Å². The fourth-order valence-corrected chi connectivity index (χ4v) is 4.33. The Labute approximate surface area is 203 Å². The Morgan fingerprint density at radius 3 is 2.80 bits per heavy atom. The molecule has 0 aliphatic heterocycles. The van der Waals surface area contributed by atoms with Crippen LogP contribution in [0.3, 0.4) is 0 Å². The van der Waals surface area contributed by atoms with Crippen LogP contribution in [-0.4, -0.2) is 29.1 Å². The fourth-order valence-electron chi connectivity index (χ4n) is 4.33. The quantitative estimate of drug-likeness (QED) is 0.223. The molecule has 0 spiro atoms. The minimum Gasteiger partial charge on any atom is -0.496 e. The summed E-state index contributed by atoms with van der Waals surface area (Å²) in [4.78, 5) is 16.6. The standard InChI is InChI=1S/C29H27N3O3/c1-20(14-29(33)31-10-5-12-32-13-11-30-19-32)24-16-25-26(18-35-28(25)17-27(24)34-2)23-9-8-21-6-3-4-7-22(21)15-23/h3-4,6-9,11,13-19H,5,10,12H2,1-2H3,(H,31,33)/b20-14+. The van der Waals surface area contributed by atoms with Gasteiger partial charge in [-0.3, -0.25) is 4.79 Å². The van der Waals surface area contributed by atoms with Crippen LogP contribution in [-0.2, 0) is 11.3 Å². The molecular formula is C29H27N3O3. The lowest BCUT2D eigenvalue weighted by atomic mass is 9.97. The van der Waals surface area contributed by atoms with Crippen LogP contribution in [0, 0.1) is 0 Å². The first kappa shape index (κ1) is 22.5. The van der Waals surface area contributed by atoms with E-state index in [1.54, 1.807) is 32.0 Å². The van der Waals surface area contributed by atoms with Crippen molar-refractivity contribution in [3.8, 4) is 16.9 Å². The minimum atomic E-state index is -0.128. The molecule has 0 aliphatic carbocycles. The Morgan fingerprint density at radius 2 is 2.00 bits per heavy atom. The number of aromatic nitrogens is 2. The molecule has 0 radical (unpaired) electrons. The van der Waals surface area contributed by atoms with Gasteiger partial charge in [0.25, 0.3) is 0 Å². The van der Waals surface area contributed by atoms with E-state index in [0.717, 1.165) is 46.2 Å². The molecule has 2 aromatic heterocycles. The molecule has 0 saturated carbocycles. The van der Waals surface area contributed by atoms with Gasteiger partial charge >= 0.3 is 0 Å². The number of carbonyl (C=O) groups is 1. The van der Waals surface area contributed by atoms with E-state index in [4.69, 9.17) is 9.15 Å². The van der Waals surface area contributed by atoms with Gasteiger partial charge in [0, 0.05) is 54.1 Å². The van der Waals surface area contributed by atoms with Crippen molar-refractivity contribution < 1.29 is 13.9 Å². The van der Waals surface area contributed by atoms with E-state index in [1.807, 2.05) is 42.0 Å². The second-order valence-electron chi connectivity index (χ2n) is 8.53. The first-order valence-corrected chi connectivity index (χ1v) is 11.6. The van der Waals surface area contributed by atoms with Crippen molar-refractivity contribution >= 4 is 33.2 Å². The second kappa shape index (κ2) is 9.89. The van der Waals surface area contributed by atoms with Gasteiger partial charge in [-0.15, -0.1) is 0 Å². The second-order valence-corrected chi connectivity index (χ2v) is 8.53. The van der Waals surface area contributed by atoms with Gasteiger partial charge in [0.1, 0.15) is 11.3 Å². The number of hydrogen-bond donors (Lipinski definition) is 1. The van der Waals surface area contributed by atoms with Gasteiger partial charge in [-0.2, -0.15) is 0 Å². The van der Waals surface area contributed by atoms with E-state index in [2.05, 4.69) is 40.6 Å². The molecular weight excluding hydrogens is 438 g/mol. The Bertz CT molecular complexity index is 1510. The van der Waals surface area contributed by atoms with Crippen molar-refractivity contribution in [2.24, 2.45) is 0 Å². The number of furan rings is 1. The van der Waals surface area contributed by atoms with Gasteiger partial charge in [0.15, 0.2) is 0 Å². The molecule has 2 heterocycles. The summed E-state index contributed by atoms with van der Waals surface area (Å²) in [6, 6.07) is 18.6. The smallest absolute Gasteiger partial charge is 0.244 e. The Morgan fingerprint density at radius 1 is 1.14 bits per heavy atom. The third-order valence-electron chi connectivity index (χ3n) is 6.18. The van der Waals surface area contributed by atoms with Crippen molar-refractivity contribution in [1.82, 2.24) is 14.9 Å². The predicted octanol–water partition coefficient (Wildman–Crippen LogP) is 6.07. The number of amides is 1. The number of imidazole rings is 1. The van der Waals surface area contributed by atoms with E-state index >= 15 is 0 Å². The summed E-state index contributed by atoms with van der Waals surface area (Å²) in [5.74, 6) is 0.538. The highest BCUT2D eigenvalue weighted by atomic mass is 16.5. The lowest BCUT2D eigenvalue weighted by molar-refractivity contribution is -0.116. The van der Waals surface area contributed by atoms with Gasteiger partial charge in [-0.25, -0.2) is 4.98 Å². The molecule has 5 rings (SSSR count). The molecule has 6 nitrogen and oxygen atoms in total. The van der Waals surface area contributed by atoms with Crippen molar-refractivity contribution in [2.45, 2.75) is 19.9 Å². The van der Waals surface area contributed by atoms with E-state index in [9.17, 15) is 4.79 Å². The highest BCUT2D eigenvalue weighted by Gasteiger charge is 2.15. The molecule has 6 heteroatoms. The van der Waals surface area contributed by atoms with Gasteiger partial charge in [-0.05, 0) is 47.4 Å². The largest absolute Gasteiger partial charge is 0.496 e. The molecule has 0 bridgehead atoms. The highest BCUT2D eigenvalue weighted by Crippen LogP contribution is 2.38. The highest BCUT2D eigenvalue weighted by molar-refractivity contribution is 6.01. The maximum atomic E-state index is 12.5. The first-order chi connectivity index (χ1) is 17.1. The summed E-state index contributed by atoms with van der Waals surface area (Å²) in [6.45, 7) is 3.32. The lowest BCUT2D eigenvalue weighted by Gasteiger charge is -2.10. The number of ether oxygens (including phenoxy) is 1. The van der Waals surface area contributed by atoms with Crippen LogP contribution < -0.4 is 10.1 Å². The number of nitrogens with one attached hydrogen (secondary N) is 1. The van der Waals surface area contributed by atoms with Crippen LogP contribution in [0.25, 0.3) is 38.4 Å². The zero-order chi connectivity index (χ0) is 24.2. The van der Waals surface area contributed by atoms with Crippen LogP contribution in [0.5, 0.6) is 5.75 Å². The van der Waals surface area contributed by atoms with Gasteiger partial charge in [0.05, 0.1) is 19.7 Å². The molecule has 0 saturated heterocycles. The maximum Gasteiger partial charge on any atom is 0.244 e. The van der Waals surface area contributed by atoms with E-state index < -0.39 is 0 Å². The predicted molar refractivity (Wildman–Crippen MR) is 139 cm³/mol. The molecule has 0 unspecified atom stereocenters. The number of nitrogens with zero attached hydrogens (tertiary/aromatic N) is 2. The summed E-state index contributed by atoms with van der Waals surface area (Å²) < 4.78 is 13.5. The third-order valence-corrected chi connectivity index (χ3v) is 6.18. The molecule has 1 N–H and O–H groups in total. The SMILES string of the molecule is COc1cc2occ(-c3ccc4ccccc4c3)c2cc1/C(C)=C/C(=O)NCCCn1ccnc1. The summed E-state index contributed by atoms with van der Waals surface area (Å²) in [6.07, 6.45) is 9.67. The molecule has 176 valence electrons. The molecule has 5 aromatic rings. The molecule has 35 heavy (non-hydrogen) atoms. The monoisotopic (exact) mass is 465 g/mol. The average Bonchev–Trinajstić information content (AvgIpc) is 3.55. The van der Waals surface area contributed by atoms with Gasteiger partial charge in [0.2, 0.25) is 5.91 Å². The van der Waals surface area contributed by atoms with Crippen molar-refractivity contribution in [3.63, 3.8) is 0 Å². The fraction of sp³-hybridized carbons (Fsp3) is 0.172. The number of carbonyl (C=O) groups excluding carboxylic acids is 1. The van der Waals surface area contributed by atoms with Crippen LogP contribution in [0.2, 0.25) is 0 Å². The van der Waals surface area contributed by atoms with E-state index in [0.29, 0.717) is 12.3 Å². The molecule has 0 aliphatic rings. The number of methoxy groups -OCH3 is 1. The molecule has 3 aromatic carbocycles. The van der Waals surface area contributed by atoms with Crippen molar-refractivity contribution in [3.05, 3.63) is 91.2 Å². The first-order valence-electron chi connectivity index (χ1n) is 11.6. The number of hydrogen-bond acceptors (Lipinski definition) is 4. The minimum absolute atomic E-state index is 0.128. The topological polar surface area (TPSA) is 69.3 Å². The molecule has 1 amide bonds. The van der Waals surface area contributed by atoms with E-state index in [-0.39, 0.29) is 5.91 Å². The van der Waals surface area contributed by atoms with Gasteiger partial charge < -0.3 is 19.0 Å². The average molecular weight is 466 g/mol. The van der Waals surface area contributed by atoms with Crippen LogP contribution in [0.1, 0.15) is 18.9 Å². The number of fused-ring (bicyclic) bond motifs is 2. The number of allylic oxidation sites excluding steroid dienone is 1. The molecule has 0 fully saturated rings. The number of rotatable bonds is 8. The van der Waals surface area contributed by atoms with Crippen LogP contribution in [0.4, 0.5) is 0 Å². The Hall–Kier alpha value is -4.32. The zero-order valence-corrected chi connectivity index (χ0v) is 19.8. The summed E-state index contributed by atoms with van der Waals surface area (Å²) in [5.41, 5.74) is 4.51. The number of aryl methyl sites for hydroxylation is 1. The molecule has 0 atom stereocenters. The summed E-state index contributed by atoms with van der Waals surface area (Å²) >= 11 is 0. The van der Waals surface area contributed by atoms with Crippen LogP contribution >= 0.6 is 0 Å². The zero-order valence-electron chi connectivity index (χ0n) is 19.8. The number of benzene rings is 3. The lowest BCUT2D eigenvalue weighted by Crippen LogP contribution is -2.23.